The van der Waals surface area contributed by atoms with Crippen LogP contribution in [0.4, 0.5) is 0 Å². The number of carbonyl (C=O) groups is 2. The maximum absolute atomic E-state index is 11.5. The Bertz CT molecular complexity index is 246. The van der Waals surface area contributed by atoms with Crippen molar-refractivity contribution >= 4 is 11.9 Å². The van der Waals surface area contributed by atoms with Crippen LogP contribution in [0.5, 0.6) is 0 Å². The molecule has 0 saturated carbocycles. The second-order valence-electron chi connectivity index (χ2n) is 4.77. The van der Waals surface area contributed by atoms with E-state index in [2.05, 4.69) is 5.32 Å². The van der Waals surface area contributed by atoms with Gasteiger partial charge in [-0.25, -0.2) is 4.79 Å². The van der Waals surface area contributed by atoms with Crippen molar-refractivity contribution in [3.05, 3.63) is 0 Å². The summed E-state index contributed by atoms with van der Waals surface area (Å²) in [6.45, 7) is 5.44. The molecular weight excluding hydrogens is 208 g/mol. The van der Waals surface area contributed by atoms with Crippen LogP contribution >= 0.6 is 0 Å². The lowest BCUT2D eigenvalue weighted by Crippen LogP contribution is -2.45. The molecule has 0 unspecified atom stereocenters. The predicted octanol–water partition coefficient (Wildman–Crippen LogP) is 0.873. The monoisotopic (exact) mass is 230 g/mol. The Kier molecular flexibility index (Phi) is 6.03. The predicted molar refractivity (Wildman–Crippen MR) is 62.0 cm³/mol. The summed E-state index contributed by atoms with van der Waals surface area (Å²) in [5.74, 6) is -1.30. The molecule has 1 atom stereocenters. The lowest BCUT2D eigenvalue weighted by atomic mass is 10.0. The number of unbranched alkanes of at least 4 members (excludes halogenated alkanes) is 1. The SMILES string of the molecule is CCCC[C@H](NC(=O)CC(C)(C)N)C(=O)O. The molecule has 0 aliphatic heterocycles. The largest absolute Gasteiger partial charge is 0.480 e. The fourth-order valence-corrected chi connectivity index (χ4v) is 1.32. The van der Waals surface area contributed by atoms with Gasteiger partial charge in [-0.15, -0.1) is 0 Å². The molecule has 0 heterocycles. The van der Waals surface area contributed by atoms with Crippen LogP contribution in [-0.2, 0) is 9.59 Å². The van der Waals surface area contributed by atoms with Crippen LogP contribution < -0.4 is 11.1 Å². The number of hydrogen-bond donors (Lipinski definition) is 3. The Labute approximate surface area is 96.4 Å². The third kappa shape index (κ3) is 7.23. The van der Waals surface area contributed by atoms with Gasteiger partial charge in [-0.3, -0.25) is 4.79 Å². The molecular formula is C11H22N2O3. The van der Waals surface area contributed by atoms with Crippen LogP contribution in [0.3, 0.4) is 0 Å². The minimum absolute atomic E-state index is 0.128. The highest BCUT2D eigenvalue weighted by Crippen LogP contribution is 2.05. The van der Waals surface area contributed by atoms with Crippen molar-refractivity contribution in [1.29, 1.82) is 0 Å². The molecule has 0 radical (unpaired) electrons. The zero-order valence-corrected chi connectivity index (χ0v) is 10.2. The number of hydrogen-bond acceptors (Lipinski definition) is 3. The Hall–Kier alpha value is -1.10. The first-order valence-electron chi connectivity index (χ1n) is 5.57. The molecule has 4 N–H and O–H groups in total. The van der Waals surface area contributed by atoms with Gasteiger partial charge in [0.25, 0.3) is 0 Å². The zero-order valence-electron chi connectivity index (χ0n) is 10.2. The number of aliphatic carboxylic acids is 1. The van der Waals surface area contributed by atoms with Crippen molar-refractivity contribution < 1.29 is 14.7 Å². The van der Waals surface area contributed by atoms with Crippen molar-refractivity contribution in [1.82, 2.24) is 5.32 Å². The van der Waals surface area contributed by atoms with E-state index in [4.69, 9.17) is 10.8 Å². The highest BCUT2D eigenvalue weighted by Gasteiger charge is 2.22. The van der Waals surface area contributed by atoms with Gasteiger partial charge in [-0.2, -0.15) is 0 Å². The normalized spacial score (nSPS) is 13.2. The quantitative estimate of drug-likeness (QED) is 0.605. The van der Waals surface area contributed by atoms with Crippen LogP contribution in [0.25, 0.3) is 0 Å². The number of nitrogens with two attached hydrogens (primary N) is 1. The van der Waals surface area contributed by atoms with Gasteiger partial charge in [0.05, 0.1) is 0 Å². The highest BCUT2D eigenvalue weighted by molar-refractivity contribution is 5.84. The fraction of sp³-hybridized carbons (Fsp3) is 0.818. The molecule has 0 rings (SSSR count). The van der Waals surface area contributed by atoms with E-state index >= 15 is 0 Å². The molecule has 0 aromatic heterocycles. The lowest BCUT2D eigenvalue weighted by Gasteiger charge is -2.20. The third-order valence-corrected chi connectivity index (χ3v) is 2.10. The second-order valence-corrected chi connectivity index (χ2v) is 4.77. The number of carboxylic acid groups (broad SMARTS) is 1. The molecule has 0 aliphatic rings. The first kappa shape index (κ1) is 14.9. The fourth-order valence-electron chi connectivity index (χ4n) is 1.32. The Morgan fingerprint density at radius 1 is 1.44 bits per heavy atom. The van der Waals surface area contributed by atoms with Gasteiger partial charge < -0.3 is 16.2 Å². The van der Waals surface area contributed by atoms with Crippen LogP contribution in [0.1, 0.15) is 46.5 Å². The minimum Gasteiger partial charge on any atom is -0.480 e. The molecule has 0 aromatic carbocycles. The molecule has 0 aromatic rings. The van der Waals surface area contributed by atoms with Gasteiger partial charge >= 0.3 is 5.97 Å². The van der Waals surface area contributed by atoms with Crippen molar-refractivity contribution in [3.8, 4) is 0 Å². The Morgan fingerprint density at radius 2 is 2.00 bits per heavy atom. The van der Waals surface area contributed by atoms with Crippen LogP contribution in [-0.4, -0.2) is 28.6 Å². The van der Waals surface area contributed by atoms with E-state index < -0.39 is 17.6 Å². The van der Waals surface area contributed by atoms with E-state index in [1.807, 2.05) is 6.92 Å². The second kappa shape index (κ2) is 6.48. The minimum atomic E-state index is -0.989. The first-order chi connectivity index (χ1) is 7.26. The van der Waals surface area contributed by atoms with Crippen molar-refractivity contribution in [2.75, 3.05) is 0 Å². The van der Waals surface area contributed by atoms with E-state index in [9.17, 15) is 9.59 Å². The molecule has 0 saturated heterocycles. The van der Waals surface area contributed by atoms with Crippen molar-refractivity contribution in [3.63, 3.8) is 0 Å². The molecule has 5 nitrogen and oxygen atoms in total. The van der Waals surface area contributed by atoms with Gasteiger partial charge in [0.2, 0.25) is 5.91 Å². The number of amides is 1. The summed E-state index contributed by atoms with van der Waals surface area (Å²) in [6, 6.07) is -0.796. The summed E-state index contributed by atoms with van der Waals surface area (Å²) in [7, 11) is 0. The van der Waals surface area contributed by atoms with Gasteiger partial charge in [0.1, 0.15) is 6.04 Å². The summed E-state index contributed by atoms with van der Waals surface area (Å²) in [5, 5.41) is 11.4. The summed E-state index contributed by atoms with van der Waals surface area (Å²) in [5.41, 5.74) is 5.07. The van der Waals surface area contributed by atoms with Crippen LogP contribution in [0.15, 0.2) is 0 Å². The lowest BCUT2D eigenvalue weighted by molar-refractivity contribution is -0.142. The number of rotatable bonds is 7. The molecule has 0 aliphatic carbocycles. The average Bonchev–Trinajstić information content (AvgIpc) is 2.08. The standard InChI is InChI=1S/C11H22N2O3/c1-4-5-6-8(10(15)16)13-9(14)7-11(2,3)12/h8H,4-7,12H2,1-3H3,(H,13,14)(H,15,16)/t8-/m0/s1. The van der Waals surface area contributed by atoms with Crippen molar-refractivity contribution in [2.24, 2.45) is 5.73 Å². The van der Waals surface area contributed by atoms with Crippen LogP contribution in [0, 0.1) is 0 Å². The molecule has 5 heteroatoms. The van der Waals surface area contributed by atoms with E-state index in [1.165, 1.54) is 0 Å². The number of carboxylic acids is 1. The maximum atomic E-state index is 11.5. The van der Waals surface area contributed by atoms with Gasteiger partial charge in [-0.1, -0.05) is 19.8 Å². The summed E-state index contributed by atoms with van der Waals surface area (Å²) in [6.07, 6.45) is 2.27. The topological polar surface area (TPSA) is 92.4 Å². The number of nitrogens with one attached hydrogen (secondary N) is 1. The van der Waals surface area contributed by atoms with Crippen LogP contribution in [0.2, 0.25) is 0 Å². The smallest absolute Gasteiger partial charge is 0.326 e. The molecule has 1 amide bonds. The Morgan fingerprint density at radius 3 is 2.38 bits per heavy atom. The molecule has 16 heavy (non-hydrogen) atoms. The first-order valence-corrected chi connectivity index (χ1v) is 5.57. The Balaban J connectivity index is 4.19. The van der Waals surface area contributed by atoms with E-state index in [0.717, 1.165) is 12.8 Å². The maximum Gasteiger partial charge on any atom is 0.326 e. The summed E-state index contributed by atoms with van der Waals surface area (Å²) in [4.78, 5) is 22.3. The van der Waals surface area contributed by atoms with Gasteiger partial charge in [0, 0.05) is 12.0 Å². The molecule has 0 fully saturated rings. The average molecular weight is 230 g/mol. The van der Waals surface area contributed by atoms with Crippen molar-refractivity contribution in [2.45, 2.75) is 58.0 Å². The highest BCUT2D eigenvalue weighted by atomic mass is 16.4. The van der Waals surface area contributed by atoms with E-state index in [-0.39, 0.29) is 12.3 Å². The van der Waals surface area contributed by atoms with E-state index in [0.29, 0.717) is 6.42 Å². The molecule has 0 bridgehead atoms. The van der Waals surface area contributed by atoms with E-state index in [1.54, 1.807) is 13.8 Å². The summed E-state index contributed by atoms with van der Waals surface area (Å²) < 4.78 is 0. The molecule has 0 spiro atoms. The van der Waals surface area contributed by atoms with Gasteiger partial charge in [-0.05, 0) is 20.3 Å². The third-order valence-electron chi connectivity index (χ3n) is 2.10. The van der Waals surface area contributed by atoms with Gasteiger partial charge in [0.15, 0.2) is 0 Å². The summed E-state index contributed by atoms with van der Waals surface area (Å²) >= 11 is 0. The number of carbonyl (C=O) groups excluding carboxylic acids is 1. The molecule has 94 valence electrons. The zero-order chi connectivity index (χ0) is 12.8.